The number of benzene rings is 4. The molecule has 7 nitrogen and oxygen atoms in total. The number of aryl methyl sites for hydroxylation is 1. The number of fused-ring (bicyclic) bond motifs is 4. The van der Waals surface area contributed by atoms with Gasteiger partial charge in [-0.25, -0.2) is 19.1 Å². The van der Waals surface area contributed by atoms with Crippen LogP contribution in [0.1, 0.15) is 42.6 Å². The second kappa shape index (κ2) is 11.2. The number of para-hydroxylation sites is 3. The van der Waals surface area contributed by atoms with Gasteiger partial charge in [0.05, 0.1) is 35.4 Å². The maximum atomic E-state index is 15.7. The van der Waals surface area contributed by atoms with E-state index in [9.17, 15) is 0 Å². The van der Waals surface area contributed by atoms with Crippen molar-refractivity contribution in [3.8, 4) is 11.4 Å². The number of anilines is 2. The summed E-state index contributed by atoms with van der Waals surface area (Å²) < 4.78 is 23.4. The normalized spacial score (nSPS) is 15.1. The molecule has 0 radical (unpaired) electrons. The van der Waals surface area contributed by atoms with Crippen LogP contribution in [0.4, 0.5) is 27.3 Å². The molecule has 3 heterocycles. The van der Waals surface area contributed by atoms with Crippen LogP contribution in [-0.4, -0.2) is 28.1 Å². The molecule has 0 saturated carbocycles. The fourth-order valence-corrected chi connectivity index (χ4v) is 5.64. The lowest BCUT2D eigenvalue weighted by Crippen LogP contribution is -2.46. The van der Waals surface area contributed by atoms with E-state index < -0.39 is 6.04 Å². The Kier molecular flexibility index (Phi) is 6.95. The van der Waals surface area contributed by atoms with E-state index in [0.717, 1.165) is 52.6 Å². The van der Waals surface area contributed by atoms with Crippen LogP contribution in [0, 0.1) is 12.7 Å². The Balaban J connectivity index is 1.39. The van der Waals surface area contributed by atoms with Crippen LogP contribution >= 0.6 is 0 Å². The van der Waals surface area contributed by atoms with Gasteiger partial charge in [-0.1, -0.05) is 61.9 Å². The summed E-state index contributed by atoms with van der Waals surface area (Å²) in [5, 5.41) is 8.41. The predicted molar refractivity (Wildman–Crippen MR) is 170 cm³/mol. The highest BCUT2D eigenvalue weighted by atomic mass is 19.1. The molecule has 0 spiro atoms. The van der Waals surface area contributed by atoms with Crippen molar-refractivity contribution in [3.63, 3.8) is 0 Å². The van der Waals surface area contributed by atoms with Gasteiger partial charge in [0.1, 0.15) is 11.6 Å². The number of nitrogens with zero attached hydrogens (tertiary/aromatic N) is 5. The number of ether oxygens (including phenoxy) is 1. The first kappa shape index (κ1) is 26.6. The third-order valence-electron chi connectivity index (χ3n) is 7.72. The molecule has 43 heavy (non-hydrogen) atoms. The Bertz CT molecular complexity index is 1840. The zero-order valence-corrected chi connectivity index (χ0v) is 24.0. The fraction of sp³-hybridized carbons (Fsp3) is 0.171. The molecule has 2 aliphatic heterocycles. The van der Waals surface area contributed by atoms with Crippen molar-refractivity contribution in [3.05, 3.63) is 126 Å². The molecule has 1 N–H and O–H groups in total. The molecule has 214 valence electrons. The summed E-state index contributed by atoms with van der Waals surface area (Å²) in [6.07, 6.45) is 2.09. The first-order chi connectivity index (χ1) is 21.1. The molecule has 0 saturated heterocycles. The lowest BCUT2D eigenvalue weighted by Gasteiger charge is -2.40. The van der Waals surface area contributed by atoms with Crippen LogP contribution in [0.5, 0.6) is 5.75 Å². The van der Waals surface area contributed by atoms with E-state index >= 15 is 4.39 Å². The standard InChI is InChI=1S/C35H31FN6O/c1-3-4-22-43-26-20-18-24(19-21-26)37-33-35-39-34-31(23(2)40-42(34)25-12-6-5-7-13-25)32(27-14-8-9-15-28(27)36)41(35)30-17-11-10-16-29(30)38-33/h5-21,32H,3-4,22H2,1-2H3,(H,37,38)/t32-/m0/s1. The summed E-state index contributed by atoms with van der Waals surface area (Å²) >= 11 is 0. The first-order valence-corrected chi connectivity index (χ1v) is 14.6. The lowest BCUT2D eigenvalue weighted by atomic mass is 9.93. The van der Waals surface area contributed by atoms with E-state index in [4.69, 9.17) is 19.8 Å². The number of unbranched alkanes of at least 4 members (excludes halogenated alkanes) is 1. The first-order valence-electron chi connectivity index (χ1n) is 14.6. The Morgan fingerprint density at radius 3 is 2.40 bits per heavy atom. The number of hydrogen-bond donors (Lipinski definition) is 1. The van der Waals surface area contributed by atoms with Crippen LogP contribution in [0.2, 0.25) is 0 Å². The zero-order valence-electron chi connectivity index (χ0n) is 24.0. The summed E-state index contributed by atoms with van der Waals surface area (Å²) in [5.74, 6) is 2.32. The average molecular weight is 571 g/mol. The van der Waals surface area contributed by atoms with Crippen LogP contribution < -0.4 is 15.0 Å². The summed E-state index contributed by atoms with van der Waals surface area (Å²) in [6, 6.07) is 32.0. The maximum absolute atomic E-state index is 15.7. The highest BCUT2D eigenvalue weighted by molar-refractivity contribution is 6.51. The molecule has 1 atom stereocenters. The van der Waals surface area contributed by atoms with E-state index in [-0.39, 0.29) is 5.82 Å². The van der Waals surface area contributed by atoms with Crippen molar-refractivity contribution in [2.75, 3.05) is 16.8 Å². The quantitative estimate of drug-likeness (QED) is 0.200. The van der Waals surface area contributed by atoms with Gasteiger partial charge in [0.15, 0.2) is 17.5 Å². The largest absolute Gasteiger partial charge is 0.494 e. The second-order valence-corrected chi connectivity index (χ2v) is 10.6. The van der Waals surface area contributed by atoms with Crippen molar-refractivity contribution >= 4 is 34.6 Å². The summed E-state index contributed by atoms with van der Waals surface area (Å²) in [7, 11) is 0. The molecule has 8 heteroatoms. The number of nitrogens with one attached hydrogen (secondary N) is 1. The van der Waals surface area contributed by atoms with E-state index in [2.05, 4.69) is 17.1 Å². The molecule has 2 aliphatic rings. The number of halogens is 1. The Morgan fingerprint density at radius 1 is 0.860 bits per heavy atom. The van der Waals surface area contributed by atoms with Crippen molar-refractivity contribution in [2.24, 2.45) is 9.98 Å². The smallest absolute Gasteiger partial charge is 0.179 e. The number of aromatic nitrogens is 2. The van der Waals surface area contributed by atoms with Crippen LogP contribution in [-0.2, 0) is 0 Å². The third kappa shape index (κ3) is 4.84. The number of hydrogen-bond acceptors (Lipinski definition) is 6. The number of aliphatic imine (C=N–C) groups is 2. The minimum absolute atomic E-state index is 0.292. The van der Waals surface area contributed by atoms with Crippen LogP contribution in [0.3, 0.4) is 0 Å². The highest BCUT2D eigenvalue weighted by Crippen LogP contribution is 2.48. The van der Waals surface area contributed by atoms with Crippen LogP contribution in [0.25, 0.3) is 5.69 Å². The highest BCUT2D eigenvalue weighted by Gasteiger charge is 2.42. The molecule has 0 fully saturated rings. The van der Waals surface area contributed by atoms with E-state index in [0.29, 0.717) is 29.7 Å². The Hall–Kier alpha value is -5.24. The maximum Gasteiger partial charge on any atom is 0.179 e. The number of rotatable bonds is 7. The van der Waals surface area contributed by atoms with Gasteiger partial charge in [0, 0.05) is 16.8 Å². The third-order valence-corrected chi connectivity index (χ3v) is 7.72. The average Bonchev–Trinajstić information content (AvgIpc) is 3.38. The second-order valence-electron chi connectivity index (χ2n) is 10.6. The van der Waals surface area contributed by atoms with Gasteiger partial charge in [-0.15, -0.1) is 0 Å². The molecule has 0 amide bonds. The van der Waals surface area contributed by atoms with Gasteiger partial charge in [0.25, 0.3) is 0 Å². The number of amidine groups is 2. The van der Waals surface area contributed by atoms with Crippen molar-refractivity contribution in [1.82, 2.24) is 9.78 Å². The fourth-order valence-electron chi connectivity index (χ4n) is 5.64. The minimum atomic E-state index is -0.524. The van der Waals surface area contributed by atoms with E-state index in [1.54, 1.807) is 6.07 Å². The van der Waals surface area contributed by atoms with Gasteiger partial charge in [-0.2, -0.15) is 5.10 Å². The predicted octanol–water partition coefficient (Wildman–Crippen LogP) is 8.29. The lowest BCUT2D eigenvalue weighted by molar-refractivity contribution is 0.309. The van der Waals surface area contributed by atoms with Gasteiger partial charge in [0.2, 0.25) is 0 Å². The van der Waals surface area contributed by atoms with Gasteiger partial charge in [-0.05, 0) is 67.9 Å². The Labute approximate surface area is 250 Å². The summed E-state index contributed by atoms with van der Waals surface area (Å²) in [6.45, 7) is 4.79. The summed E-state index contributed by atoms with van der Waals surface area (Å²) in [5.41, 5.74) is 5.49. The van der Waals surface area contributed by atoms with Crippen molar-refractivity contribution in [1.29, 1.82) is 0 Å². The minimum Gasteiger partial charge on any atom is -0.494 e. The van der Waals surface area contributed by atoms with Crippen molar-refractivity contribution < 1.29 is 9.13 Å². The molecule has 0 unspecified atom stereocenters. The van der Waals surface area contributed by atoms with Crippen LogP contribution in [0.15, 0.2) is 113 Å². The van der Waals surface area contributed by atoms with E-state index in [1.807, 2.05) is 103 Å². The molecular weight excluding hydrogens is 539 g/mol. The van der Waals surface area contributed by atoms with Gasteiger partial charge < -0.3 is 15.0 Å². The molecule has 5 aromatic rings. The van der Waals surface area contributed by atoms with E-state index in [1.165, 1.54) is 6.07 Å². The molecule has 7 rings (SSSR count). The monoisotopic (exact) mass is 570 g/mol. The SMILES string of the molecule is CCCCOc1ccc(NC2=Nc3ccccc3N3C2=Nc2c(c(C)nn2-c2ccccc2)[C@@H]3c2ccccc2F)cc1. The van der Waals surface area contributed by atoms with Gasteiger partial charge in [-0.3, -0.25) is 0 Å². The molecule has 0 bridgehead atoms. The molecule has 4 aromatic carbocycles. The summed E-state index contributed by atoms with van der Waals surface area (Å²) in [4.78, 5) is 12.3. The molecule has 0 aliphatic carbocycles. The Morgan fingerprint density at radius 2 is 1.60 bits per heavy atom. The van der Waals surface area contributed by atoms with Crippen molar-refractivity contribution in [2.45, 2.75) is 32.7 Å². The zero-order chi connectivity index (χ0) is 29.3. The molecular formula is C35H31FN6O. The molecule has 1 aromatic heterocycles. The topological polar surface area (TPSA) is 67.0 Å². The van der Waals surface area contributed by atoms with Gasteiger partial charge >= 0.3 is 0 Å².